The molecule has 0 aliphatic carbocycles. The van der Waals surface area contributed by atoms with E-state index in [1.54, 1.807) is 19.6 Å². The molecular weight excluding hydrogens is 447 g/mol. The minimum atomic E-state index is -7.34. The van der Waals surface area contributed by atoms with E-state index in [-0.39, 0.29) is 5.56 Å². The number of alkyl halides is 9. The standard InChI is InChI=1S/C14H15F9O3SSi/c1-8-5-6-9(28(2,3)4)7-10(8)26-27(24,25)14(22,23)12(17,18)11(15,16)13(19,20)21/h5-7H,1-4H3. The lowest BCUT2D eigenvalue weighted by Crippen LogP contribution is -2.63. The van der Waals surface area contributed by atoms with Crippen LogP contribution < -0.4 is 9.37 Å². The van der Waals surface area contributed by atoms with Gasteiger partial charge in [0.25, 0.3) is 0 Å². The number of halogens is 9. The Hall–Kier alpha value is -1.44. The first-order valence-electron chi connectivity index (χ1n) is 7.35. The van der Waals surface area contributed by atoms with Gasteiger partial charge in [-0.2, -0.15) is 47.9 Å². The second-order valence-corrected chi connectivity index (χ2v) is 13.6. The summed E-state index contributed by atoms with van der Waals surface area (Å²) in [4.78, 5) is 0. The molecule has 0 saturated carbocycles. The lowest BCUT2D eigenvalue weighted by Gasteiger charge is -2.32. The molecule has 0 unspecified atom stereocenters. The highest BCUT2D eigenvalue weighted by atomic mass is 32.2. The third-order valence-electron chi connectivity index (χ3n) is 3.68. The molecule has 0 spiro atoms. The van der Waals surface area contributed by atoms with Gasteiger partial charge in [0, 0.05) is 0 Å². The first-order valence-corrected chi connectivity index (χ1v) is 12.3. The van der Waals surface area contributed by atoms with Crippen molar-refractivity contribution in [3.8, 4) is 5.75 Å². The molecule has 0 amide bonds. The summed E-state index contributed by atoms with van der Waals surface area (Å²) in [7, 11) is -9.13. The lowest BCUT2D eigenvalue weighted by atomic mass is 10.1. The van der Waals surface area contributed by atoms with Gasteiger partial charge in [-0.1, -0.05) is 37.0 Å². The van der Waals surface area contributed by atoms with Crippen LogP contribution in [0.1, 0.15) is 5.56 Å². The lowest BCUT2D eigenvalue weighted by molar-refractivity contribution is -0.382. The molecule has 3 nitrogen and oxygen atoms in total. The van der Waals surface area contributed by atoms with Crippen molar-refractivity contribution in [3.05, 3.63) is 23.8 Å². The molecule has 0 N–H and O–H groups in total. The summed E-state index contributed by atoms with van der Waals surface area (Å²) in [6.45, 7) is 6.40. The predicted octanol–water partition coefficient (Wildman–Crippen LogP) is 4.67. The van der Waals surface area contributed by atoms with Gasteiger partial charge < -0.3 is 4.18 Å². The molecule has 0 bridgehead atoms. The molecule has 14 heteroatoms. The first-order chi connectivity index (χ1) is 12.1. The second kappa shape index (κ2) is 6.81. The van der Waals surface area contributed by atoms with Gasteiger partial charge in [0.2, 0.25) is 0 Å². The van der Waals surface area contributed by atoms with Gasteiger partial charge in [0.15, 0.2) is 0 Å². The maximum atomic E-state index is 13.7. The van der Waals surface area contributed by atoms with E-state index in [0.717, 1.165) is 13.0 Å². The largest absolute Gasteiger partial charge is 0.460 e. The average molecular weight is 462 g/mol. The van der Waals surface area contributed by atoms with Gasteiger partial charge in [-0.25, -0.2) is 0 Å². The molecule has 0 aromatic heterocycles. The number of hydrogen-bond acceptors (Lipinski definition) is 3. The van der Waals surface area contributed by atoms with Gasteiger partial charge in [-0.3, -0.25) is 0 Å². The number of aryl methyl sites for hydroxylation is 1. The van der Waals surface area contributed by atoms with Crippen LogP contribution in [-0.4, -0.2) is 39.8 Å². The van der Waals surface area contributed by atoms with Gasteiger partial charge in [0.1, 0.15) is 5.75 Å². The van der Waals surface area contributed by atoms with E-state index in [1.807, 2.05) is 0 Å². The Morgan fingerprint density at radius 1 is 0.857 bits per heavy atom. The Kier molecular flexibility index (Phi) is 5.99. The minimum absolute atomic E-state index is 0.146. The molecule has 162 valence electrons. The topological polar surface area (TPSA) is 43.4 Å². The highest BCUT2D eigenvalue weighted by molar-refractivity contribution is 7.88. The first kappa shape index (κ1) is 24.6. The van der Waals surface area contributed by atoms with E-state index in [1.165, 1.54) is 12.1 Å². The van der Waals surface area contributed by atoms with Gasteiger partial charge in [-0.15, -0.1) is 0 Å². The Labute approximate surface area is 155 Å². The van der Waals surface area contributed by atoms with E-state index in [2.05, 4.69) is 4.18 Å². The van der Waals surface area contributed by atoms with E-state index in [0.29, 0.717) is 5.19 Å². The summed E-state index contributed by atoms with van der Waals surface area (Å²) in [6, 6.07) is 3.64. The van der Waals surface area contributed by atoms with Crippen LogP contribution in [0.25, 0.3) is 0 Å². The third kappa shape index (κ3) is 3.97. The van der Waals surface area contributed by atoms with E-state index in [9.17, 15) is 47.9 Å². The van der Waals surface area contributed by atoms with Gasteiger partial charge in [-0.05, 0) is 18.6 Å². The van der Waals surface area contributed by atoms with Crippen molar-refractivity contribution in [1.29, 1.82) is 0 Å². The van der Waals surface area contributed by atoms with Crippen molar-refractivity contribution in [2.24, 2.45) is 0 Å². The Balaban J connectivity index is 3.48. The zero-order valence-electron chi connectivity index (χ0n) is 14.8. The molecule has 28 heavy (non-hydrogen) atoms. The molecule has 0 saturated heterocycles. The molecular formula is C14H15F9O3SSi. The maximum Gasteiger partial charge on any atom is 0.460 e. The smallest absolute Gasteiger partial charge is 0.378 e. The maximum absolute atomic E-state index is 13.7. The quantitative estimate of drug-likeness (QED) is 0.351. The van der Waals surface area contributed by atoms with Crippen LogP contribution in [0.5, 0.6) is 5.75 Å². The fourth-order valence-electron chi connectivity index (χ4n) is 1.84. The highest BCUT2D eigenvalue weighted by Gasteiger charge is 2.86. The van der Waals surface area contributed by atoms with Crippen LogP contribution in [0.3, 0.4) is 0 Å². The van der Waals surface area contributed by atoms with Crippen LogP contribution in [0.4, 0.5) is 39.5 Å². The molecule has 1 rings (SSSR count). The molecule has 1 aromatic carbocycles. The SMILES string of the molecule is Cc1ccc([Si](C)(C)C)cc1OS(=O)(=O)C(F)(F)C(F)(F)C(F)(F)C(F)(F)F. The second-order valence-electron chi connectivity index (χ2n) is 6.93. The van der Waals surface area contributed by atoms with Crippen LogP contribution in [-0.2, 0) is 10.1 Å². The van der Waals surface area contributed by atoms with Crippen molar-refractivity contribution >= 4 is 23.4 Å². The Morgan fingerprint density at radius 3 is 1.71 bits per heavy atom. The summed E-state index contributed by atoms with van der Waals surface area (Å²) in [5.74, 6) is -15.6. The fraction of sp³-hybridized carbons (Fsp3) is 0.571. The van der Waals surface area contributed by atoms with Crippen molar-refractivity contribution in [2.75, 3.05) is 0 Å². The monoisotopic (exact) mass is 462 g/mol. The van der Waals surface area contributed by atoms with E-state index >= 15 is 0 Å². The van der Waals surface area contributed by atoms with Crippen molar-refractivity contribution in [2.45, 2.75) is 49.8 Å². The van der Waals surface area contributed by atoms with Crippen LogP contribution in [0.2, 0.25) is 19.6 Å². The summed E-state index contributed by atoms with van der Waals surface area (Å²) < 4.78 is 143. The molecule has 0 radical (unpaired) electrons. The average Bonchev–Trinajstić information content (AvgIpc) is 2.46. The number of rotatable bonds is 6. The molecule has 0 atom stereocenters. The zero-order chi connectivity index (χ0) is 22.6. The Bertz CT molecular complexity index is 843. The Morgan fingerprint density at radius 2 is 1.32 bits per heavy atom. The summed E-state index contributed by atoms with van der Waals surface area (Å²) >= 11 is 0. The molecule has 0 fully saturated rings. The molecule has 0 heterocycles. The van der Waals surface area contributed by atoms with Crippen LogP contribution in [0.15, 0.2) is 18.2 Å². The molecule has 0 aliphatic heterocycles. The summed E-state index contributed by atoms with van der Waals surface area (Å²) in [6.07, 6.45) is -7.14. The zero-order valence-corrected chi connectivity index (χ0v) is 16.6. The van der Waals surface area contributed by atoms with Gasteiger partial charge >= 0.3 is 33.4 Å². The normalized spacial score (nSPS) is 14.9. The van der Waals surface area contributed by atoms with Gasteiger partial charge in [0.05, 0.1) is 8.07 Å². The fourth-order valence-corrected chi connectivity index (χ4v) is 3.95. The van der Waals surface area contributed by atoms with Crippen molar-refractivity contribution in [1.82, 2.24) is 0 Å². The minimum Gasteiger partial charge on any atom is -0.378 e. The summed E-state index contributed by atoms with van der Waals surface area (Å²) in [5, 5.41) is -6.46. The third-order valence-corrected chi connectivity index (χ3v) is 7.01. The van der Waals surface area contributed by atoms with Crippen molar-refractivity contribution < 1.29 is 52.1 Å². The van der Waals surface area contributed by atoms with E-state index < -0.39 is 47.2 Å². The molecule has 0 aliphatic rings. The predicted molar refractivity (Wildman–Crippen MR) is 84.6 cm³/mol. The summed E-state index contributed by atoms with van der Waals surface area (Å²) in [5.41, 5.74) is -0.146. The number of hydrogen-bond donors (Lipinski definition) is 0. The molecule has 1 aromatic rings. The van der Waals surface area contributed by atoms with E-state index in [4.69, 9.17) is 0 Å². The van der Waals surface area contributed by atoms with Crippen LogP contribution in [0, 0.1) is 6.92 Å². The van der Waals surface area contributed by atoms with Crippen molar-refractivity contribution in [3.63, 3.8) is 0 Å². The number of benzene rings is 1. The highest BCUT2D eigenvalue weighted by Crippen LogP contribution is 2.55. The van der Waals surface area contributed by atoms with Crippen LogP contribution >= 0.6 is 0 Å².